The molecule has 5 nitrogen and oxygen atoms in total. The van der Waals surface area contributed by atoms with Gasteiger partial charge in [-0.1, -0.05) is 6.92 Å². The number of nitrogens with zero attached hydrogens (tertiary/aromatic N) is 2. The minimum atomic E-state index is 0.169. The molecule has 1 N–H and O–H groups in total. The first-order chi connectivity index (χ1) is 9.69. The largest absolute Gasteiger partial charge is 0.497 e. The highest BCUT2D eigenvalue weighted by molar-refractivity contribution is 7.99. The van der Waals surface area contributed by atoms with Crippen LogP contribution in [-0.4, -0.2) is 41.7 Å². The maximum absolute atomic E-state index is 9.10. The second-order valence-electron chi connectivity index (χ2n) is 4.50. The lowest BCUT2D eigenvalue weighted by molar-refractivity contribution is 0.250. The van der Waals surface area contributed by atoms with Gasteiger partial charge in [-0.25, -0.2) is 9.97 Å². The van der Waals surface area contributed by atoms with Crippen molar-refractivity contribution >= 4 is 22.7 Å². The van der Waals surface area contributed by atoms with Crippen LogP contribution >= 0.6 is 11.8 Å². The van der Waals surface area contributed by atoms with Gasteiger partial charge in [0.15, 0.2) is 0 Å². The van der Waals surface area contributed by atoms with E-state index in [4.69, 9.17) is 14.6 Å². The Morgan fingerprint density at radius 3 is 2.70 bits per heavy atom. The predicted molar refractivity (Wildman–Crippen MR) is 79.6 cm³/mol. The summed E-state index contributed by atoms with van der Waals surface area (Å²) in [4.78, 5) is 8.60. The summed E-state index contributed by atoms with van der Waals surface area (Å²) in [5, 5.41) is 10.9. The lowest BCUT2D eigenvalue weighted by atomic mass is 10.2. The molecular formula is C14H18N2O3S. The van der Waals surface area contributed by atoms with Crippen molar-refractivity contribution in [2.24, 2.45) is 5.92 Å². The molecular weight excluding hydrogens is 276 g/mol. The minimum absolute atomic E-state index is 0.169. The molecule has 0 aliphatic heterocycles. The van der Waals surface area contributed by atoms with Crippen molar-refractivity contribution in [1.82, 2.24) is 9.97 Å². The van der Waals surface area contributed by atoms with Crippen LogP contribution in [0.25, 0.3) is 10.9 Å². The molecule has 1 atom stereocenters. The van der Waals surface area contributed by atoms with Crippen LogP contribution in [0, 0.1) is 5.92 Å². The van der Waals surface area contributed by atoms with Crippen molar-refractivity contribution in [3.05, 3.63) is 18.5 Å². The number of fused-ring (bicyclic) bond motifs is 1. The first-order valence-electron chi connectivity index (χ1n) is 6.30. The maximum atomic E-state index is 9.10. The first-order valence-corrected chi connectivity index (χ1v) is 7.28. The van der Waals surface area contributed by atoms with Crippen LogP contribution in [0.3, 0.4) is 0 Å². The molecule has 0 amide bonds. The van der Waals surface area contributed by atoms with Crippen LogP contribution in [-0.2, 0) is 0 Å². The summed E-state index contributed by atoms with van der Waals surface area (Å²) in [5.41, 5.74) is 0.766. The molecule has 20 heavy (non-hydrogen) atoms. The van der Waals surface area contributed by atoms with Crippen LogP contribution in [0.5, 0.6) is 11.5 Å². The maximum Gasteiger partial charge on any atom is 0.148 e. The topological polar surface area (TPSA) is 64.5 Å². The fraction of sp³-hybridized carbons (Fsp3) is 0.429. The molecule has 2 aromatic rings. The van der Waals surface area contributed by atoms with E-state index in [1.54, 1.807) is 32.0 Å². The predicted octanol–water partition coefficient (Wildman–Crippen LogP) is 2.37. The molecule has 1 heterocycles. The quantitative estimate of drug-likeness (QED) is 0.652. The number of aliphatic hydroxyl groups is 1. The Kier molecular flexibility index (Phi) is 5.03. The Balaban J connectivity index is 2.44. The Labute approximate surface area is 122 Å². The van der Waals surface area contributed by atoms with Crippen molar-refractivity contribution in [3.63, 3.8) is 0 Å². The highest BCUT2D eigenvalue weighted by Crippen LogP contribution is 2.34. The summed E-state index contributed by atoms with van der Waals surface area (Å²) in [5.74, 6) is 2.39. The number of rotatable bonds is 6. The number of ether oxygens (including phenoxy) is 2. The number of aromatic nitrogens is 2. The smallest absolute Gasteiger partial charge is 0.148 e. The van der Waals surface area contributed by atoms with E-state index >= 15 is 0 Å². The average molecular weight is 294 g/mol. The third kappa shape index (κ3) is 3.13. The molecule has 0 radical (unpaired) electrons. The molecule has 0 aliphatic rings. The Bertz CT molecular complexity index is 592. The summed E-state index contributed by atoms with van der Waals surface area (Å²) >= 11 is 1.60. The zero-order valence-corrected chi connectivity index (χ0v) is 12.6. The zero-order valence-electron chi connectivity index (χ0n) is 11.8. The van der Waals surface area contributed by atoms with Gasteiger partial charge in [-0.2, -0.15) is 0 Å². The minimum Gasteiger partial charge on any atom is -0.497 e. The van der Waals surface area contributed by atoms with E-state index in [9.17, 15) is 0 Å². The van der Waals surface area contributed by atoms with Crippen LogP contribution in [0.1, 0.15) is 6.92 Å². The van der Waals surface area contributed by atoms with Crippen LogP contribution in [0.2, 0.25) is 0 Å². The van der Waals surface area contributed by atoms with Gasteiger partial charge in [-0.3, -0.25) is 0 Å². The molecule has 0 saturated heterocycles. The van der Waals surface area contributed by atoms with Crippen LogP contribution < -0.4 is 9.47 Å². The van der Waals surface area contributed by atoms with E-state index in [1.165, 1.54) is 6.33 Å². The highest BCUT2D eigenvalue weighted by Gasteiger charge is 2.12. The number of benzene rings is 1. The number of hydrogen-bond donors (Lipinski definition) is 1. The van der Waals surface area contributed by atoms with Gasteiger partial charge in [-0.05, 0) is 12.0 Å². The van der Waals surface area contributed by atoms with Crippen molar-refractivity contribution in [2.45, 2.75) is 11.9 Å². The SMILES string of the molecule is COc1cc(OC)c2ncnc(SCC(C)CO)c2c1. The first kappa shape index (κ1) is 14.9. The van der Waals surface area contributed by atoms with Gasteiger partial charge in [0.05, 0.1) is 14.2 Å². The summed E-state index contributed by atoms with van der Waals surface area (Å²) in [6.07, 6.45) is 1.53. The second-order valence-corrected chi connectivity index (χ2v) is 5.51. The van der Waals surface area contributed by atoms with Crippen molar-refractivity contribution in [2.75, 3.05) is 26.6 Å². The fourth-order valence-corrected chi connectivity index (χ4v) is 2.73. The fourth-order valence-electron chi connectivity index (χ4n) is 1.75. The molecule has 0 spiro atoms. The second kappa shape index (κ2) is 6.76. The van der Waals surface area contributed by atoms with Gasteiger partial charge >= 0.3 is 0 Å². The number of hydrogen-bond acceptors (Lipinski definition) is 6. The van der Waals surface area contributed by atoms with Gasteiger partial charge in [0.25, 0.3) is 0 Å². The van der Waals surface area contributed by atoms with Gasteiger partial charge in [0.2, 0.25) is 0 Å². The van der Waals surface area contributed by atoms with Gasteiger partial charge in [-0.15, -0.1) is 11.8 Å². The van der Waals surface area contributed by atoms with Crippen LogP contribution in [0.15, 0.2) is 23.5 Å². The average Bonchev–Trinajstić information content (AvgIpc) is 2.51. The summed E-state index contributed by atoms with van der Waals surface area (Å²) in [6.45, 7) is 2.17. The molecule has 1 aromatic heterocycles. The lowest BCUT2D eigenvalue weighted by Crippen LogP contribution is -2.03. The molecule has 1 aromatic carbocycles. The number of aliphatic hydroxyl groups excluding tert-OH is 1. The van der Waals surface area contributed by atoms with E-state index in [2.05, 4.69) is 9.97 Å². The Morgan fingerprint density at radius 1 is 1.25 bits per heavy atom. The van der Waals surface area contributed by atoms with Gasteiger partial charge in [0, 0.05) is 23.8 Å². The Hall–Kier alpha value is -1.53. The molecule has 1 unspecified atom stereocenters. The van der Waals surface area contributed by atoms with Gasteiger partial charge < -0.3 is 14.6 Å². The molecule has 0 saturated carbocycles. The standard InChI is InChI=1S/C14H18N2O3S/c1-9(6-17)7-20-14-11-4-10(18-2)5-12(19-3)13(11)15-8-16-14/h4-5,8-9,17H,6-7H2,1-3H3. The third-order valence-electron chi connectivity index (χ3n) is 2.91. The van der Waals surface area contributed by atoms with E-state index in [0.717, 1.165) is 21.7 Å². The molecule has 0 aliphatic carbocycles. The molecule has 6 heteroatoms. The van der Waals surface area contributed by atoms with E-state index in [0.29, 0.717) is 11.5 Å². The molecule has 0 fully saturated rings. The third-order valence-corrected chi connectivity index (χ3v) is 4.25. The highest BCUT2D eigenvalue weighted by atomic mass is 32.2. The Morgan fingerprint density at radius 2 is 2.05 bits per heavy atom. The summed E-state index contributed by atoms with van der Waals surface area (Å²) in [6, 6.07) is 3.71. The molecule has 0 bridgehead atoms. The summed E-state index contributed by atoms with van der Waals surface area (Å²) < 4.78 is 10.6. The number of methoxy groups -OCH3 is 2. The monoisotopic (exact) mass is 294 g/mol. The van der Waals surface area contributed by atoms with Crippen molar-refractivity contribution in [3.8, 4) is 11.5 Å². The van der Waals surface area contributed by atoms with Crippen molar-refractivity contribution in [1.29, 1.82) is 0 Å². The zero-order chi connectivity index (χ0) is 14.5. The van der Waals surface area contributed by atoms with Crippen LogP contribution in [0.4, 0.5) is 0 Å². The summed E-state index contributed by atoms with van der Waals surface area (Å²) in [7, 11) is 3.22. The normalized spacial score (nSPS) is 12.4. The van der Waals surface area contributed by atoms with E-state index < -0.39 is 0 Å². The van der Waals surface area contributed by atoms with E-state index in [-0.39, 0.29) is 12.5 Å². The molecule has 2 rings (SSSR count). The van der Waals surface area contributed by atoms with E-state index in [1.807, 2.05) is 13.0 Å². The lowest BCUT2D eigenvalue weighted by Gasteiger charge is -2.11. The molecule has 108 valence electrons. The number of thioether (sulfide) groups is 1. The van der Waals surface area contributed by atoms with Crippen molar-refractivity contribution < 1.29 is 14.6 Å². The van der Waals surface area contributed by atoms with Gasteiger partial charge in [0.1, 0.15) is 28.4 Å².